The number of rotatable bonds is 6. The molecule has 0 aliphatic rings. The van der Waals surface area contributed by atoms with Crippen LogP contribution in [0.15, 0.2) is 59.2 Å². The zero-order chi connectivity index (χ0) is 22.0. The number of hydrogen-bond donors (Lipinski definition) is 1. The number of hydrogen-bond acceptors (Lipinski definition) is 5. The molecule has 31 heavy (non-hydrogen) atoms. The number of amides is 1. The van der Waals surface area contributed by atoms with Gasteiger partial charge >= 0.3 is 0 Å². The minimum absolute atomic E-state index is 0.0139. The van der Waals surface area contributed by atoms with E-state index in [0.29, 0.717) is 11.4 Å². The first-order valence-corrected chi connectivity index (χ1v) is 12.1. The van der Waals surface area contributed by atoms with Gasteiger partial charge in [0.2, 0.25) is 5.91 Å². The molecule has 2 aromatic carbocycles. The minimum Gasteiger partial charge on any atom is -0.325 e. The van der Waals surface area contributed by atoms with Crippen LogP contribution in [-0.2, 0) is 4.79 Å². The molecule has 1 amide bonds. The first-order chi connectivity index (χ1) is 15.0. The van der Waals surface area contributed by atoms with Crippen LogP contribution >= 0.6 is 34.7 Å². The number of fused-ring (bicyclic) bond motifs is 1. The molecule has 0 saturated carbocycles. The summed E-state index contributed by atoms with van der Waals surface area (Å²) < 4.78 is 0. The lowest BCUT2D eigenvalue weighted by atomic mass is 10.1. The molecule has 0 radical (unpaired) electrons. The normalized spacial score (nSPS) is 12.1. The Hall–Kier alpha value is -2.41. The largest absolute Gasteiger partial charge is 0.325 e. The molecule has 0 spiro atoms. The fourth-order valence-electron chi connectivity index (χ4n) is 3.45. The zero-order valence-electron chi connectivity index (χ0n) is 17.5. The van der Waals surface area contributed by atoms with Crippen LogP contribution in [0.4, 0.5) is 5.69 Å². The van der Waals surface area contributed by atoms with E-state index in [1.54, 1.807) is 17.7 Å². The van der Waals surface area contributed by atoms with Gasteiger partial charge in [-0.2, -0.15) is 0 Å². The third-order valence-corrected chi connectivity index (χ3v) is 7.64. The maximum absolute atomic E-state index is 13.1. The molecule has 2 heterocycles. The van der Waals surface area contributed by atoms with Crippen LogP contribution in [0, 0.1) is 13.8 Å². The number of benzene rings is 2. The van der Waals surface area contributed by atoms with Gasteiger partial charge < -0.3 is 5.32 Å². The lowest BCUT2D eigenvalue weighted by Gasteiger charge is -2.17. The Morgan fingerprint density at radius 3 is 2.52 bits per heavy atom. The smallest absolute Gasteiger partial charge is 0.237 e. The topological polar surface area (TPSA) is 54.9 Å². The number of aromatic nitrogens is 2. The molecule has 4 rings (SSSR count). The van der Waals surface area contributed by atoms with Gasteiger partial charge in [-0.15, -0.1) is 11.3 Å². The number of nitrogens with zero attached hydrogens (tertiary/aromatic N) is 2. The number of para-hydroxylation sites is 1. The van der Waals surface area contributed by atoms with Crippen LogP contribution in [-0.4, -0.2) is 21.1 Å². The first-order valence-electron chi connectivity index (χ1n) is 9.99. The molecule has 1 unspecified atom stereocenters. The zero-order valence-corrected chi connectivity index (χ0v) is 19.9. The quantitative estimate of drug-likeness (QED) is 0.242. The fourth-order valence-corrected chi connectivity index (χ4v) is 5.59. The molecule has 0 saturated heterocycles. The molecule has 0 aliphatic carbocycles. The van der Waals surface area contributed by atoms with Crippen molar-refractivity contribution in [3.05, 3.63) is 70.3 Å². The van der Waals surface area contributed by atoms with E-state index in [4.69, 9.17) is 11.6 Å². The van der Waals surface area contributed by atoms with Gasteiger partial charge in [0.1, 0.15) is 16.2 Å². The van der Waals surface area contributed by atoms with E-state index >= 15 is 0 Å². The van der Waals surface area contributed by atoms with Crippen LogP contribution in [0.3, 0.4) is 0 Å². The summed E-state index contributed by atoms with van der Waals surface area (Å²) in [5.74, 6) is -0.0139. The highest BCUT2D eigenvalue weighted by molar-refractivity contribution is 8.00. The predicted octanol–water partition coefficient (Wildman–Crippen LogP) is 7.14. The summed E-state index contributed by atoms with van der Waals surface area (Å²) in [5, 5.41) is 7.45. The molecular weight excluding hydrogens is 446 g/mol. The van der Waals surface area contributed by atoms with E-state index in [9.17, 15) is 4.79 Å². The maximum Gasteiger partial charge on any atom is 0.237 e. The highest BCUT2D eigenvalue weighted by Gasteiger charge is 2.23. The van der Waals surface area contributed by atoms with Crippen molar-refractivity contribution in [3.8, 4) is 11.1 Å². The summed E-state index contributed by atoms with van der Waals surface area (Å²) in [7, 11) is 0. The standard InChI is InChI=1S/C24H22ClN3OS2/c1-4-19(22(29)28-21-14(2)6-5-7-15(21)3)31-24-20-18(12-30-23(20)26-13-27-24)16-8-10-17(25)11-9-16/h5-13,19H,4H2,1-3H3,(H,28,29). The fraction of sp³-hybridized carbons (Fsp3) is 0.208. The number of anilines is 1. The van der Waals surface area contributed by atoms with Crippen molar-refractivity contribution >= 4 is 56.5 Å². The van der Waals surface area contributed by atoms with Gasteiger partial charge in [0.15, 0.2) is 0 Å². The van der Waals surface area contributed by atoms with E-state index in [-0.39, 0.29) is 11.2 Å². The van der Waals surface area contributed by atoms with Crippen molar-refractivity contribution in [1.29, 1.82) is 0 Å². The molecule has 4 aromatic rings. The molecule has 4 nitrogen and oxygen atoms in total. The van der Waals surface area contributed by atoms with E-state index in [0.717, 1.165) is 43.2 Å². The van der Waals surface area contributed by atoms with Crippen molar-refractivity contribution < 1.29 is 4.79 Å². The van der Waals surface area contributed by atoms with E-state index in [1.165, 1.54) is 11.8 Å². The highest BCUT2D eigenvalue weighted by Crippen LogP contribution is 2.40. The molecule has 0 bridgehead atoms. The van der Waals surface area contributed by atoms with Crippen LogP contribution < -0.4 is 5.32 Å². The summed E-state index contributed by atoms with van der Waals surface area (Å²) in [6.07, 6.45) is 2.26. The Morgan fingerprint density at radius 2 is 1.84 bits per heavy atom. The Morgan fingerprint density at radius 1 is 1.13 bits per heavy atom. The molecule has 0 aliphatic heterocycles. The Balaban J connectivity index is 1.66. The third-order valence-electron chi connectivity index (χ3n) is 5.14. The molecular formula is C24H22ClN3OS2. The second-order valence-electron chi connectivity index (χ2n) is 7.29. The lowest BCUT2D eigenvalue weighted by Crippen LogP contribution is -2.25. The Labute approximate surface area is 195 Å². The van der Waals surface area contributed by atoms with Crippen molar-refractivity contribution in [2.24, 2.45) is 0 Å². The molecule has 1 N–H and O–H groups in total. The number of aryl methyl sites for hydroxylation is 2. The monoisotopic (exact) mass is 467 g/mol. The molecule has 158 valence electrons. The van der Waals surface area contributed by atoms with Gasteiger partial charge in [-0.05, 0) is 49.1 Å². The summed E-state index contributed by atoms with van der Waals surface area (Å²) in [5.41, 5.74) is 5.11. The number of thioether (sulfide) groups is 1. The molecule has 7 heteroatoms. The highest BCUT2D eigenvalue weighted by atomic mass is 35.5. The van der Waals surface area contributed by atoms with Gasteiger partial charge in [0, 0.05) is 21.7 Å². The Bertz CT molecular complexity index is 1220. The molecule has 1 atom stereocenters. The number of halogens is 1. The second kappa shape index (κ2) is 9.39. The summed E-state index contributed by atoms with van der Waals surface area (Å²) in [6, 6.07) is 13.8. The number of carbonyl (C=O) groups is 1. The molecule has 0 fully saturated rings. The number of nitrogens with one attached hydrogen (secondary N) is 1. The van der Waals surface area contributed by atoms with Crippen LogP contribution in [0.5, 0.6) is 0 Å². The maximum atomic E-state index is 13.1. The van der Waals surface area contributed by atoms with Gasteiger partial charge in [0.05, 0.1) is 10.6 Å². The summed E-state index contributed by atoms with van der Waals surface area (Å²) in [6.45, 7) is 6.04. The van der Waals surface area contributed by atoms with Crippen LogP contribution in [0.2, 0.25) is 5.02 Å². The average molecular weight is 468 g/mol. The van der Waals surface area contributed by atoms with Gasteiger partial charge in [0.25, 0.3) is 0 Å². The summed E-state index contributed by atoms with van der Waals surface area (Å²) in [4.78, 5) is 23.0. The Kier molecular flexibility index (Phi) is 6.60. The first kappa shape index (κ1) is 21.8. The van der Waals surface area contributed by atoms with Crippen LogP contribution in [0.1, 0.15) is 24.5 Å². The van der Waals surface area contributed by atoms with E-state index in [2.05, 4.69) is 20.7 Å². The third kappa shape index (κ3) is 4.61. The van der Waals surface area contributed by atoms with Gasteiger partial charge in [-0.25, -0.2) is 9.97 Å². The van der Waals surface area contributed by atoms with Crippen molar-refractivity contribution in [1.82, 2.24) is 9.97 Å². The van der Waals surface area contributed by atoms with Crippen molar-refractivity contribution in [2.45, 2.75) is 37.5 Å². The lowest BCUT2D eigenvalue weighted by molar-refractivity contribution is -0.115. The van der Waals surface area contributed by atoms with Gasteiger partial charge in [-0.3, -0.25) is 4.79 Å². The molecule has 2 aromatic heterocycles. The van der Waals surface area contributed by atoms with Crippen LogP contribution in [0.25, 0.3) is 21.3 Å². The van der Waals surface area contributed by atoms with Gasteiger partial charge in [-0.1, -0.05) is 60.6 Å². The SMILES string of the molecule is CCC(Sc1ncnc2scc(-c3ccc(Cl)cc3)c12)C(=O)Nc1c(C)cccc1C. The number of carbonyl (C=O) groups excluding carboxylic acids is 1. The van der Waals surface area contributed by atoms with E-state index < -0.39 is 0 Å². The van der Waals surface area contributed by atoms with E-state index in [1.807, 2.05) is 63.2 Å². The van der Waals surface area contributed by atoms with Crippen molar-refractivity contribution in [2.75, 3.05) is 5.32 Å². The average Bonchev–Trinajstić information content (AvgIpc) is 3.20. The predicted molar refractivity (Wildman–Crippen MR) is 132 cm³/mol. The van der Waals surface area contributed by atoms with Crippen molar-refractivity contribution in [3.63, 3.8) is 0 Å². The second-order valence-corrected chi connectivity index (χ2v) is 9.77. The minimum atomic E-state index is -0.268. The summed E-state index contributed by atoms with van der Waals surface area (Å²) >= 11 is 9.13. The number of thiophene rings is 1.